The van der Waals surface area contributed by atoms with Crippen molar-refractivity contribution in [3.8, 4) is 5.75 Å². The van der Waals surface area contributed by atoms with Crippen LogP contribution in [-0.2, 0) is 12.0 Å². The fourth-order valence-electron chi connectivity index (χ4n) is 4.38. The van der Waals surface area contributed by atoms with E-state index >= 15 is 0 Å². The Balaban J connectivity index is 1.99. The van der Waals surface area contributed by atoms with E-state index in [1.54, 1.807) is 0 Å². The Morgan fingerprint density at radius 3 is 2.57 bits per heavy atom. The van der Waals surface area contributed by atoms with Crippen molar-refractivity contribution in [2.45, 2.75) is 45.6 Å². The molecule has 0 aromatic heterocycles. The van der Waals surface area contributed by atoms with E-state index in [2.05, 4.69) is 50.4 Å². The summed E-state index contributed by atoms with van der Waals surface area (Å²) in [6.07, 6.45) is 1.05. The van der Waals surface area contributed by atoms with Gasteiger partial charge in [0.2, 0.25) is 0 Å². The van der Waals surface area contributed by atoms with Crippen molar-refractivity contribution in [2.75, 3.05) is 5.32 Å². The van der Waals surface area contributed by atoms with Crippen molar-refractivity contribution in [2.24, 2.45) is 0 Å². The number of benzene rings is 2. The third kappa shape index (κ3) is 1.38. The molecule has 2 aliphatic rings. The summed E-state index contributed by atoms with van der Waals surface area (Å²) in [5.41, 5.74) is 8.56. The number of phenolic OH excluding ortho intramolecular Hbond substituents is 1. The fourth-order valence-corrected chi connectivity index (χ4v) is 4.38. The number of anilines is 1. The van der Waals surface area contributed by atoms with Crippen LogP contribution in [0.25, 0.3) is 0 Å². The molecular formula is C19H21NO. The first kappa shape index (κ1) is 12.8. The van der Waals surface area contributed by atoms with E-state index in [1.807, 2.05) is 6.92 Å². The summed E-state index contributed by atoms with van der Waals surface area (Å²) in [6, 6.07) is 8.72. The highest BCUT2D eigenvalue weighted by Gasteiger charge is 2.50. The molecule has 0 saturated carbocycles. The third-order valence-electron chi connectivity index (χ3n) is 5.75. The second-order valence-electron chi connectivity index (χ2n) is 6.75. The Hall–Kier alpha value is -1.96. The number of rotatable bonds is 0. The minimum atomic E-state index is -0.0469. The average molecular weight is 279 g/mol. The number of hydrogen-bond donors (Lipinski definition) is 2. The highest BCUT2D eigenvalue weighted by molar-refractivity contribution is 5.75. The van der Waals surface area contributed by atoms with E-state index in [4.69, 9.17) is 0 Å². The van der Waals surface area contributed by atoms with Gasteiger partial charge in [-0.25, -0.2) is 0 Å². The second kappa shape index (κ2) is 3.82. The largest absolute Gasteiger partial charge is 0.507 e. The van der Waals surface area contributed by atoms with Crippen molar-refractivity contribution < 1.29 is 5.11 Å². The van der Waals surface area contributed by atoms with Crippen molar-refractivity contribution in [1.82, 2.24) is 0 Å². The Bertz CT molecular complexity index is 778. The first-order chi connectivity index (χ1) is 9.95. The molecular weight excluding hydrogens is 258 g/mol. The third-order valence-corrected chi connectivity index (χ3v) is 5.75. The van der Waals surface area contributed by atoms with E-state index in [9.17, 15) is 5.11 Å². The van der Waals surface area contributed by atoms with Crippen LogP contribution in [0.3, 0.4) is 0 Å². The molecule has 1 heterocycles. The standard InChI is InChI=1S/C19H21NO/c1-10-11(2)18(21)12(3)16-15-9-13-7-5-6-8-14(13)19(15,4)20-17(10)16/h5-8,15,20-21H,9H2,1-4H3. The molecule has 0 fully saturated rings. The molecule has 2 heteroatoms. The van der Waals surface area contributed by atoms with Gasteiger partial charge < -0.3 is 10.4 Å². The minimum absolute atomic E-state index is 0.0469. The zero-order valence-electron chi connectivity index (χ0n) is 13.0. The quantitative estimate of drug-likeness (QED) is 0.705. The first-order valence-electron chi connectivity index (χ1n) is 7.64. The van der Waals surface area contributed by atoms with Crippen LogP contribution in [0.2, 0.25) is 0 Å². The Kier molecular flexibility index (Phi) is 2.32. The SMILES string of the molecule is Cc1c(C)c2c(c(C)c1O)C1Cc3ccccc3C1(C)N2. The highest BCUT2D eigenvalue weighted by atomic mass is 16.3. The Labute approximate surface area is 125 Å². The van der Waals surface area contributed by atoms with Crippen LogP contribution in [0.4, 0.5) is 5.69 Å². The van der Waals surface area contributed by atoms with Crippen molar-refractivity contribution in [1.29, 1.82) is 0 Å². The lowest BCUT2D eigenvalue weighted by molar-refractivity contribution is 0.460. The maximum atomic E-state index is 10.4. The number of nitrogens with one attached hydrogen (secondary N) is 1. The van der Waals surface area contributed by atoms with Gasteiger partial charge in [-0.15, -0.1) is 0 Å². The predicted octanol–water partition coefficient (Wildman–Crippen LogP) is 4.30. The minimum Gasteiger partial charge on any atom is -0.507 e. The topological polar surface area (TPSA) is 32.3 Å². The normalized spacial score (nSPS) is 25.2. The molecule has 0 amide bonds. The summed E-state index contributed by atoms with van der Waals surface area (Å²) >= 11 is 0. The lowest BCUT2D eigenvalue weighted by Crippen LogP contribution is -2.29. The number of hydrogen-bond acceptors (Lipinski definition) is 2. The molecule has 2 aromatic carbocycles. The van der Waals surface area contributed by atoms with E-state index < -0.39 is 0 Å². The monoisotopic (exact) mass is 279 g/mol. The first-order valence-corrected chi connectivity index (χ1v) is 7.64. The van der Waals surface area contributed by atoms with E-state index in [0.717, 1.165) is 17.5 Å². The van der Waals surface area contributed by atoms with Crippen LogP contribution in [0.5, 0.6) is 5.75 Å². The molecule has 1 aliphatic carbocycles. The number of aromatic hydroxyl groups is 1. The van der Waals surface area contributed by atoms with Crippen LogP contribution >= 0.6 is 0 Å². The second-order valence-corrected chi connectivity index (χ2v) is 6.75. The van der Waals surface area contributed by atoms with Crippen LogP contribution in [-0.4, -0.2) is 5.11 Å². The molecule has 0 bridgehead atoms. The summed E-state index contributed by atoms with van der Waals surface area (Å²) in [4.78, 5) is 0. The van der Waals surface area contributed by atoms with Crippen LogP contribution < -0.4 is 5.32 Å². The maximum Gasteiger partial charge on any atom is 0.122 e. The van der Waals surface area contributed by atoms with E-state index in [0.29, 0.717) is 11.7 Å². The zero-order chi connectivity index (χ0) is 14.9. The summed E-state index contributed by atoms with van der Waals surface area (Å²) < 4.78 is 0. The van der Waals surface area contributed by atoms with Crippen LogP contribution in [0.15, 0.2) is 24.3 Å². The van der Waals surface area contributed by atoms with Gasteiger partial charge >= 0.3 is 0 Å². The van der Waals surface area contributed by atoms with Gasteiger partial charge in [0.15, 0.2) is 0 Å². The summed E-state index contributed by atoms with van der Waals surface area (Å²) in [5.74, 6) is 0.878. The molecule has 0 spiro atoms. The lowest BCUT2D eigenvalue weighted by atomic mass is 9.82. The molecule has 0 radical (unpaired) electrons. The van der Waals surface area contributed by atoms with Crippen LogP contribution in [0, 0.1) is 20.8 Å². The molecule has 2 nitrogen and oxygen atoms in total. The lowest BCUT2D eigenvalue weighted by Gasteiger charge is -2.27. The average Bonchev–Trinajstić information content (AvgIpc) is 2.92. The van der Waals surface area contributed by atoms with Gasteiger partial charge in [-0.3, -0.25) is 0 Å². The number of phenols is 1. The van der Waals surface area contributed by atoms with Gasteiger partial charge in [0.1, 0.15) is 5.75 Å². The van der Waals surface area contributed by atoms with Gasteiger partial charge in [0.25, 0.3) is 0 Å². The molecule has 4 rings (SSSR count). The van der Waals surface area contributed by atoms with Gasteiger partial charge in [-0.2, -0.15) is 0 Å². The maximum absolute atomic E-state index is 10.4. The molecule has 2 atom stereocenters. The molecule has 108 valence electrons. The fraction of sp³-hybridized carbons (Fsp3) is 0.368. The summed E-state index contributed by atoms with van der Waals surface area (Å²) in [5, 5.41) is 14.2. The van der Waals surface area contributed by atoms with Crippen molar-refractivity contribution >= 4 is 5.69 Å². The van der Waals surface area contributed by atoms with Gasteiger partial charge in [0, 0.05) is 11.6 Å². The summed E-state index contributed by atoms with van der Waals surface area (Å²) in [6.45, 7) is 8.46. The molecule has 2 aromatic rings. The van der Waals surface area contributed by atoms with Gasteiger partial charge in [-0.05, 0) is 67.5 Å². The molecule has 2 N–H and O–H groups in total. The van der Waals surface area contributed by atoms with Crippen LogP contribution in [0.1, 0.15) is 46.2 Å². The Morgan fingerprint density at radius 1 is 1.10 bits per heavy atom. The molecule has 2 unspecified atom stereocenters. The number of fused-ring (bicyclic) bond motifs is 5. The van der Waals surface area contributed by atoms with E-state index in [-0.39, 0.29) is 5.54 Å². The molecule has 0 saturated heterocycles. The molecule has 1 aliphatic heterocycles. The molecule has 21 heavy (non-hydrogen) atoms. The zero-order valence-corrected chi connectivity index (χ0v) is 13.0. The highest BCUT2D eigenvalue weighted by Crippen LogP contribution is 2.58. The smallest absolute Gasteiger partial charge is 0.122 e. The van der Waals surface area contributed by atoms with Crippen molar-refractivity contribution in [3.05, 3.63) is 57.6 Å². The van der Waals surface area contributed by atoms with E-state index in [1.165, 1.54) is 27.9 Å². The summed E-state index contributed by atoms with van der Waals surface area (Å²) in [7, 11) is 0. The van der Waals surface area contributed by atoms with Crippen molar-refractivity contribution in [3.63, 3.8) is 0 Å². The van der Waals surface area contributed by atoms with Gasteiger partial charge in [0.05, 0.1) is 5.54 Å². The van der Waals surface area contributed by atoms with Gasteiger partial charge in [-0.1, -0.05) is 24.3 Å². The Morgan fingerprint density at radius 2 is 1.81 bits per heavy atom. The predicted molar refractivity (Wildman–Crippen MR) is 86.2 cm³/mol.